The molecule has 0 radical (unpaired) electrons. The summed E-state index contributed by atoms with van der Waals surface area (Å²) in [5, 5.41) is 5.72. The Morgan fingerprint density at radius 3 is 2.31 bits per heavy atom. The van der Waals surface area contributed by atoms with Gasteiger partial charge >= 0.3 is 0 Å². The average molecular weight is 354 g/mol. The summed E-state index contributed by atoms with van der Waals surface area (Å²) in [7, 11) is 1.54. The molecule has 0 aliphatic heterocycles. The maximum absolute atomic E-state index is 12.8. The van der Waals surface area contributed by atoms with Crippen LogP contribution in [0.4, 0.5) is 11.4 Å². The maximum atomic E-state index is 12.8. The minimum absolute atomic E-state index is 0.353. The zero-order valence-corrected chi connectivity index (χ0v) is 16.0. The molecule has 2 N–H and O–H groups in total. The van der Waals surface area contributed by atoms with Gasteiger partial charge in [0.25, 0.3) is 0 Å². The van der Waals surface area contributed by atoms with Crippen molar-refractivity contribution < 1.29 is 14.3 Å². The van der Waals surface area contributed by atoms with E-state index >= 15 is 0 Å². The van der Waals surface area contributed by atoms with Crippen LogP contribution in [0.5, 0.6) is 5.75 Å². The second-order valence-electron chi connectivity index (χ2n) is 6.70. The van der Waals surface area contributed by atoms with Crippen LogP contribution >= 0.6 is 0 Å². The van der Waals surface area contributed by atoms with E-state index in [2.05, 4.69) is 10.6 Å². The zero-order valence-electron chi connectivity index (χ0n) is 16.0. The summed E-state index contributed by atoms with van der Waals surface area (Å²) >= 11 is 0. The lowest BCUT2D eigenvalue weighted by molar-refractivity contribution is -0.135. The smallest absolute Gasteiger partial charge is 0.239 e. The molecule has 26 heavy (non-hydrogen) atoms. The molecule has 0 saturated carbocycles. The third-order valence-corrected chi connectivity index (χ3v) is 4.47. The van der Waals surface area contributed by atoms with Crippen LogP contribution < -0.4 is 15.4 Å². The molecule has 0 unspecified atom stereocenters. The summed E-state index contributed by atoms with van der Waals surface area (Å²) in [6.45, 7) is 7.19. The van der Waals surface area contributed by atoms with Crippen LogP contribution in [-0.4, -0.2) is 18.9 Å². The summed E-state index contributed by atoms with van der Waals surface area (Å²) in [6.07, 6.45) is 0.797. The van der Waals surface area contributed by atoms with E-state index in [0.29, 0.717) is 11.4 Å². The van der Waals surface area contributed by atoms with Gasteiger partial charge in [0.15, 0.2) is 0 Å². The number of hydrogen-bond donors (Lipinski definition) is 2. The lowest BCUT2D eigenvalue weighted by Crippen LogP contribution is -2.42. The predicted molar refractivity (Wildman–Crippen MR) is 105 cm³/mol. The summed E-state index contributed by atoms with van der Waals surface area (Å²) in [6, 6.07) is 13.0. The maximum Gasteiger partial charge on any atom is 0.239 e. The second kappa shape index (κ2) is 8.04. The Hall–Kier alpha value is -2.82. The first-order chi connectivity index (χ1) is 12.3. The molecular weight excluding hydrogens is 328 g/mol. The normalized spacial score (nSPS) is 11.0. The summed E-state index contributed by atoms with van der Waals surface area (Å²) in [5.41, 5.74) is 2.07. The van der Waals surface area contributed by atoms with E-state index in [1.54, 1.807) is 32.0 Å². The minimum atomic E-state index is -1.26. The summed E-state index contributed by atoms with van der Waals surface area (Å²) in [5.74, 6) is -0.204. The van der Waals surface area contributed by atoms with Crippen LogP contribution in [0.1, 0.15) is 31.9 Å². The molecule has 0 fully saturated rings. The molecule has 0 atom stereocenters. The molecule has 0 saturated heterocycles. The molecule has 0 aromatic heterocycles. The Balaban J connectivity index is 2.21. The minimum Gasteiger partial charge on any atom is -0.495 e. The number of benzene rings is 2. The number of carbonyl (C=O) groups is 2. The summed E-state index contributed by atoms with van der Waals surface area (Å²) < 4.78 is 5.25. The molecule has 2 amide bonds. The molecule has 2 aromatic carbocycles. The molecular formula is C21H26N2O3. The van der Waals surface area contributed by atoms with E-state index < -0.39 is 11.3 Å². The fourth-order valence-corrected chi connectivity index (χ4v) is 2.60. The molecule has 5 nitrogen and oxygen atoms in total. The number of carbonyl (C=O) groups excluding carboxylic acids is 2. The van der Waals surface area contributed by atoms with Crippen molar-refractivity contribution in [1.29, 1.82) is 0 Å². The highest BCUT2D eigenvalue weighted by atomic mass is 16.5. The van der Waals surface area contributed by atoms with Crippen LogP contribution in [0, 0.1) is 12.3 Å². The lowest BCUT2D eigenvalue weighted by atomic mass is 9.90. The number of amides is 2. The molecule has 2 aromatic rings. The lowest BCUT2D eigenvalue weighted by Gasteiger charge is -2.24. The first-order valence-corrected chi connectivity index (χ1v) is 8.65. The van der Waals surface area contributed by atoms with Crippen molar-refractivity contribution in [1.82, 2.24) is 0 Å². The third kappa shape index (κ3) is 4.04. The van der Waals surface area contributed by atoms with Gasteiger partial charge in [-0.1, -0.05) is 37.3 Å². The molecule has 0 bridgehead atoms. The van der Waals surface area contributed by atoms with Gasteiger partial charge in [-0.2, -0.15) is 0 Å². The van der Waals surface area contributed by atoms with Gasteiger partial charge in [-0.25, -0.2) is 0 Å². The highest BCUT2D eigenvalue weighted by Gasteiger charge is 2.37. The molecule has 0 aliphatic carbocycles. The van der Waals surface area contributed by atoms with Crippen molar-refractivity contribution in [2.24, 2.45) is 5.41 Å². The Morgan fingerprint density at radius 2 is 1.65 bits per heavy atom. The Bertz CT molecular complexity index is 813. The van der Waals surface area contributed by atoms with Crippen LogP contribution in [0.3, 0.4) is 0 Å². The largest absolute Gasteiger partial charge is 0.495 e. The number of nitrogens with one attached hydrogen (secondary N) is 2. The number of para-hydroxylation sites is 3. The third-order valence-electron chi connectivity index (χ3n) is 4.47. The van der Waals surface area contributed by atoms with Crippen molar-refractivity contribution in [3.8, 4) is 5.75 Å². The monoisotopic (exact) mass is 354 g/mol. The van der Waals surface area contributed by atoms with Gasteiger partial charge in [-0.3, -0.25) is 9.59 Å². The zero-order chi connectivity index (χ0) is 19.3. The van der Waals surface area contributed by atoms with Gasteiger partial charge in [-0.15, -0.1) is 0 Å². The van der Waals surface area contributed by atoms with E-state index in [1.165, 1.54) is 7.11 Å². The van der Waals surface area contributed by atoms with Crippen molar-refractivity contribution in [3.05, 3.63) is 53.6 Å². The van der Waals surface area contributed by atoms with Crippen molar-refractivity contribution in [3.63, 3.8) is 0 Å². The molecule has 0 spiro atoms. The number of hydrogen-bond acceptors (Lipinski definition) is 3. The van der Waals surface area contributed by atoms with Gasteiger partial charge in [0.1, 0.15) is 11.2 Å². The number of anilines is 2. The average Bonchev–Trinajstić information content (AvgIpc) is 2.63. The second-order valence-corrected chi connectivity index (χ2v) is 6.70. The predicted octanol–water partition coefficient (Wildman–Crippen LogP) is 4.17. The first kappa shape index (κ1) is 19.5. The topological polar surface area (TPSA) is 67.4 Å². The van der Waals surface area contributed by atoms with Crippen molar-refractivity contribution in [2.45, 2.75) is 34.1 Å². The molecule has 138 valence electrons. The Kier molecular flexibility index (Phi) is 6.03. The van der Waals surface area contributed by atoms with Crippen LogP contribution in [0.25, 0.3) is 0 Å². The van der Waals surface area contributed by atoms with E-state index in [4.69, 9.17) is 4.74 Å². The SMILES string of the molecule is CCc1cccc(C)c1NC(=O)C(C)(C)C(=O)Nc1ccccc1OC. The van der Waals surface area contributed by atoms with Crippen LogP contribution in [-0.2, 0) is 16.0 Å². The van der Waals surface area contributed by atoms with Crippen molar-refractivity contribution >= 4 is 23.2 Å². The molecule has 0 heterocycles. The van der Waals surface area contributed by atoms with Gasteiger partial charge in [0.2, 0.25) is 11.8 Å². The standard InChI is InChI=1S/C21H26N2O3/c1-6-15-11-9-10-14(2)18(15)23-20(25)21(3,4)19(24)22-16-12-7-8-13-17(16)26-5/h7-13H,6H2,1-5H3,(H,22,24)(H,23,25). The van der Waals surface area contributed by atoms with E-state index in [-0.39, 0.29) is 5.91 Å². The first-order valence-electron chi connectivity index (χ1n) is 8.65. The van der Waals surface area contributed by atoms with E-state index in [1.807, 2.05) is 38.1 Å². The van der Waals surface area contributed by atoms with Crippen LogP contribution in [0.2, 0.25) is 0 Å². The summed E-state index contributed by atoms with van der Waals surface area (Å²) in [4.78, 5) is 25.6. The highest BCUT2D eigenvalue weighted by Crippen LogP contribution is 2.28. The fraction of sp³-hybridized carbons (Fsp3) is 0.333. The van der Waals surface area contributed by atoms with Crippen LogP contribution in [0.15, 0.2) is 42.5 Å². The molecule has 0 aliphatic rings. The molecule has 5 heteroatoms. The number of aryl methyl sites for hydroxylation is 2. The van der Waals surface area contributed by atoms with Gasteiger partial charge in [0.05, 0.1) is 12.8 Å². The Morgan fingerprint density at radius 1 is 1.00 bits per heavy atom. The number of methoxy groups -OCH3 is 1. The van der Waals surface area contributed by atoms with E-state index in [9.17, 15) is 9.59 Å². The quantitative estimate of drug-likeness (QED) is 0.765. The van der Waals surface area contributed by atoms with E-state index in [0.717, 1.165) is 23.2 Å². The van der Waals surface area contributed by atoms with Gasteiger partial charge < -0.3 is 15.4 Å². The highest BCUT2D eigenvalue weighted by molar-refractivity contribution is 6.14. The molecule has 2 rings (SSSR count). The fourth-order valence-electron chi connectivity index (χ4n) is 2.60. The number of rotatable bonds is 6. The van der Waals surface area contributed by atoms with Gasteiger partial charge in [0, 0.05) is 5.69 Å². The van der Waals surface area contributed by atoms with Gasteiger partial charge in [-0.05, 0) is 50.5 Å². The van der Waals surface area contributed by atoms with Crippen molar-refractivity contribution in [2.75, 3.05) is 17.7 Å². The Labute approximate surface area is 154 Å². The number of ether oxygens (including phenoxy) is 1.